The van der Waals surface area contributed by atoms with Gasteiger partial charge in [0.05, 0.1) is 0 Å². The van der Waals surface area contributed by atoms with Gasteiger partial charge in [-0.05, 0) is 26.0 Å². The lowest BCUT2D eigenvalue weighted by Crippen LogP contribution is -2.19. The van der Waals surface area contributed by atoms with E-state index in [4.69, 9.17) is 5.73 Å². The van der Waals surface area contributed by atoms with Gasteiger partial charge in [-0.2, -0.15) is 0 Å². The lowest BCUT2D eigenvalue weighted by Gasteiger charge is -2.08. The van der Waals surface area contributed by atoms with Gasteiger partial charge in [0.2, 0.25) is 0 Å². The van der Waals surface area contributed by atoms with Crippen LogP contribution in [0.3, 0.4) is 0 Å². The molecule has 1 atom stereocenters. The highest BCUT2D eigenvalue weighted by molar-refractivity contribution is 5.39. The summed E-state index contributed by atoms with van der Waals surface area (Å²) in [6, 6.07) is 6.15. The van der Waals surface area contributed by atoms with Crippen LogP contribution in [-0.4, -0.2) is 20.6 Å². The van der Waals surface area contributed by atoms with Crippen LogP contribution < -0.4 is 5.73 Å². The molecular formula is C10H14N4. The Morgan fingerprint density at radius 2 is 2.21 bits per heavy atom. The number of aromatic nitrogens is 3. The topological polar surface area (TPSA) is 56.2 Å². The SMILES string of the molecule is Cc1nnc2cccc(CC(C)N)n12. The molecule has 2 aromatic rings. The number of aryl methyl sites for hydroxylation is 1. The summed E-state index contributed by atoms with van der Waals surface area (Å²) in [6.07, 6.45) is 0.843. The smallest absolute Gasteiger partial charge is 0.160 e. The second kappa shape index (κ2) is 3.38. The predicted molar refractivity (Wildman–Crippen MR) is 55.1 cm³/mol. The van der Waals surface area contributed by atoms with Crippen LogP contribution in [-0.2, 0) is 6.42 Å². The normalized spacial score (nSPS) is 13.4. The molecule has 4 heteroatoms. The van der Waals surface area contributed by atoms with Crippen molar-refractivity contribution in [2.24, 2.45) is 5.73 Å². The van der Waals surface area contributed by atoms with Crippen molar-refractivity contribution in [3.63, 3.8) is 0 Å². The largest absolute Gasteiger partial charge is 0.328 e. The first-order valence-electron chi connectivity index (χ1n) is 4.73. The van der Waals surface area contributed by atoms with Crippen molar-refractivity contribution >= 4 is 5.65 Å². The molecule has 2 heterocycles. The Bertz CT molecular complexity index is 444. The monoisotopic (exact) mass is 190 g/mol. The van der Waals surface area contributed by atoms with Crippen LogP contribution in [0.15, 0.2) is 18.2 Å². The Hall–Kier alpha value is -1.42. The van der Waals surface area contributed by atoms with E-state index in [0.717, 1.165) is 17.9 Å². The van der Waals surface area contributed by atoms with E-state index in [0.29, 0.717) is 0 Å². The maximum Gasteiger partial charge on any atom is 0.160 e. The number of rotatable bonds is 2. The fourth-order valence-corrected chi connectivity index (χ4v) is 1.65. The van der Waals surface area contributed by atoms with E-state index in [-0.39, 0.29) is 6.04 Å². The fraction of sp³-hybridized carbons (Fsp3) is 0.400. The lowest BCUT2D eigenvalue weighted by molar-refractivity contribution is 0.710. The van der Waals surface area contributed by atoms with Gasteiger partial charge >= 0.3 is 0 Å². The average molecular weight is 190 g/mol. The molecule has 0 saturated carbocycles. The van der Waals surface area contributed by atoms with Crippen molar-refractivity contribution in [2.75, 3.05) is 0 Å². The van der Waals surface area contributed by atoms with Crippen molar-refractivity contribution in [1.29, 1.82) is 0 Å². The minimum absolute atomic E-state index is 0.155. The highest BCUT2D eigenvalue weighted by Crippen LogP contribution is 2.09. The van der Waals surface area contributed by atoms with Gasteiger partial charge in [-0.15, -0.1) is 10.2 Å². The first-order chi connectivity index (χ1) is 6.68. The number of hydrogen-bond donors (Lipinski definition) is 1. The van der Waals surface area contributed by atoms with E-state index < -0.39 is 0 Å². The number of hydrogen-bond acceptors (Lipinski definition) is 3. The molecule has 0 aliphatic carbocycles. The zero-order valence-electron chi connectivity index (χ0n) is 8.44. The molecular weight excluding hydrogens is 176 g/mol. The Morgan fingerprint density at radius 3 is 2.93 bits per heavy atom. The van der Waals surface area contributed by atoms with Crippen LogP contribution in [0.4, 0.5) is 0 Å². The summed E-state index contributed by atoms with van der Waals surface area (Å²) in [5.41, 5.74) is 7.84. The lowest BCUT2D eigenvalue weighted by atomic mass is 10.2. The van der Waals surface area contributed by atoms with Gasteiger partial charge in [-0.3, -0.25) is 4.40 Å². The first kappa shape index (κ1) is 9.15. The molecule has 4 nitrogen and oxygen atoms in total. The molecule has 0 aromatic carbocycles. The Kier molecular flexibility index (Phi) is 2.21. The van der Waals surface area contributed by atoms with Gasteiger partial charge in [-0.25, -0.2) is 0 Å². The van der Waals surface area contributed by atoms with Gasteiger partial charge in [0.1, 0.15) is 5.82 Å². The maximum absolute atomic E-state index is 5.78. The average Bonchev–Trinajstić information content (AvgIpc) is 2.48. The van der Waals surface area contributed by atoms with E-state index in [1.54, 1.807) is 0 Å². The fourth-order valence-electron chi connectivity index (χ4n) is 1.65. The van der Waals surface area contributed by atoms with E-state index >= 15 is 0 Å². The molecule has 2 N–H and O–H groups in total. The van der Waals surface area contributed by atoms with Crippen LogP contribution in [0.1, 0.15) is 18.4 Å². The number of fused-ring (bicyclic) bond motifs is 1. The molecule has 2 aromatic heterocycles. The molecule has 0 amide bonds. The first-order valence-corrected chi connectivity index (χ1v) is 4.73. The van der Waals surface area contributed by atoms with Crippen molar-refractivity contribution in [1.82, 2.24) is 14.6 Å². The molecule has 0 spiro atoms. The quantitative estimate of drug-likeness (QED) is 0.766. The standard InChI is InChI=1S/C10H14N4/c1-7(11)6-9-4-3-5-10-13-12-8(2)14(9)10/h3-5,7H,6,11H2,1-2H3. The molecule has 0 aliphatic rings. The van der Waals surface area contributed by atoms with Crippen LogP contribution in [0, 0.1) is 6.92 Å². The third kappa shape index (κ3) is 1.48. The van der Waals surface area contributed by atoms with Gasteiger partial charge in [0.25, 0.3) is 0 Å². The van der Waals surface area contributed by atoms with Gasteiger partial charge in [-0.1, -0.05) is 6.07 Å². The van der Waals surface area contributed by atoms with Gasteiger partial charge in [0, 0.05) is 18.2 Å². The van der Waals surface area contributed by atoms with Crippen molar-refractivity contribution in [2.45, 2.75) is 26.3 Å². The second-order valence-corrected chi connectivity index (χ2v) is 3.64. The predicted octanol–water partition coefficient (Wildman–Crippen LogP) is 0.927. The Labute approximate surface area is 82.8 Å². The van der Waals surface area contributed by atoms with Crippen molar-refractivity contribution in [3.8, 4) is 0 Å². The molecule has 0 saturated heterocycles. The number of nitrogens with two attached hydrogens (primary N) is 1. The van der Waals surface area contributed by atoms with Crippen LogP contribution >= 0.6 is 0 Å². The second-order valence-electron chi connectivity index (χ2n) is 3.64. The zero-order valence-corrected chi connectivity index (χ0v) is 8.44. The highest BCUT2D eigenvalue weighted by atomic mass is 15.2. The number of pyridine rings is 1. The summed E-state index contributed by atoms with van der Waals surface area (Å²) in [4.78, 5) is 0. The van der Waals surface area contributed by atoms with Crippen molar-refractivity contribution < 1.29 is 0 Å². The molecule has 0 aliphatic heterocycles. The van der Waals surface area contributed by atoms with Crippen LogP contribution in [0.25, 0.3) is 5.65 Å². The maximum atomic E-state index is 5.78. The molecule has 14 heavy (non-hydrogen) atoms. The zero-order chi connectivity index (χ0) is 10.1. The summed E-state index contributed by atoms with van der Waals surface area (Å²) in [7, 11) is 0. The Balaban J connectivity index is 2.57. The summed E-state index contributed by atoms with van der Waals surface area (Å²) in [6.45, 7) is 3.95. The number of nitrogens with zero attached hydrogens (tertiary/aromatic N) is 3. The van der Waals surface area contributed by atoms with E-state index in [1.165, 1.54) is 5.69 Å². The van der Waals surface area contributed by atoms with Crippen LogP contribution in [0.5, 0.6) is 0 Å². The Morgan fingerprint density at radius 1 is 1.43 bits per heavy atom. The van der Waals surface area contributed by atoms with Gasteiger partial charge in [0.15, 0.2) is 5.65 Å². The summed E-state index contributed by atoms with van der Waals surface area (Å²) in [5.74, 6) is 0.913. The highest BCUT2D eigenvalue weighted by Gasteiger charge is 2.06. The minimum atomic E-state index is 0.155. The minimum Gasteiger partial charge on any atom is -0.328 e. The molecule has 74 valence electrons. The molecule has 2 rings (SSSR count). The van der Waals surface area contributed by atoms with E-state index in [1.807, 2.05) is 30.4 Å². The molecule has 0 bridgehead atoms. The van der Waals surface area contributed by atoms with Crippen molar-refractivity contribution in [3.05, 3.63) is 29.7 Å². The molecule has 1 unspecified atom stereocenters. The molecule has 0 radical (unpaired) electrons. The third-order valence-electron chi connectivity index (χ3n) is 2.20. The van der Waals surface area contributed by atoms with Gasteiger partial charge < -0.3 is 5.73 Å². The summed E-state index contributed by atoms with van der Waals surface area (Å²) < 4.78 is 2.04. The van der Waals surface area contributed by atoms with Crippen LogP contribution in [0.2, 0.25) is 0 Å². The summed E-state index contributed by atoms with van der Waals surface area (Å²) >= 11 is 0. The molecule has 0 fully saturated rings. The van der Waals surface area contributed by atoms with E-state index in [2.05, 4.69) is 16.3 Å². The van der Waals surface area contributed by atoms with E-state index in [9.17, 15) is 0 Å². The third-order valence-corrected chi connectivity index (χ3v) is 2.20. The summed E-state index contributed by atoms with van der Waals surface area (Å²) in [5, 5.41) is 8.09.